The number of piperazine rings is 1. The van der Waals surface area contributed by atoms with Crippen LogP contribution in [-0.2, 0) is 4.74 Å². The van der Waals surface area contributed by atoms with Crippen molar-refractivity contribution in [1.82, 2.24) is 9.80 Å². The summed E-state index contributed by atoms with van der Waals surface area (Å²) < 4.78 is 5.09. The highest BCUT2D eigenvalue weighted by Gasteiger charge is 2.28. The minimum atomic E-state index is 0.378. The van der Waals surface area contributed by atoms with E-state index in [0.29, 0.717) is 18.5 Å². The molecule has 0 saturated carbocycles. The van der Waals surface area contributed by atoms with Crippen LogP contribution in [0.3, 0.4) is 0 Å². The van der Waals surface area contributed by atoms with Crippen molar-refractivity contribution in [1.29, 1.82) is 5.26 Å². The summed E-state index contributed by atoms with van der Waals surface area (Å²) in [6.07, 6.45) is 0.618. The average molecular weight is 211 g/mol. The van der Waals surface area contributed by atoms with Gasteiger partial charge in [0.15, 0.2) is 0 Å². The van der Waals surface area contributed by atoms with Gasteiger partial charge in [-0.1, -0.05) is 0 Å². The lowest BCUT2D eigenvalue weighted by Gasteiger charge is -2.43. The summed E-state index contributed by atoms with van der Waals surface area (Å²) in [7, 11) is 3.83. The third kappa shape index (κ3) is 3.45. The van der Waals surface area contributed by atoms with E-state index in [0.717, 1.165) is 26.2 Å². The molecule has 4 nitrogen and oxygen atoms in total. The molecule has 0 aromatic carbocycles. The average Bonchev–Trinajstić information content (AvgIpc) is 2.20. The van der Waals surface area contributed by atoms with Crippen LogP contribution in [0, 0.1) is 11.3 Å². The van der Waals surface area contributed by atoms with Gasteiger partial charge in [-0.2, -0.15) is 5.26 Å². The Balaban J connectivity index is 2.47. The largest absolute Gasteiger partial charge is 0.383 e. The second kappa shape index (κ2) is 6.06. The minimum Gasteiger partial charge on any atom is -0.383 e. The molecule has 15 heavy (non-hydrogen) atoms. The molecule has 1 saturated heterocycles. The van der Waals surface area contributed by atoms with Crippen LogP contribution in [-0.4, -0.2) is 62.3 Å². The Bertz CT molecular complexity index is 226. The van der Waals surface area contributed by atoms with Crippen molar-refractivity contribution < 1.29 is 4.74 Å². The number of nitriles is 1. The Kier molecular flexibility index (Phi) is 5.03. The lowest BCUT2D eigenvalue weighted by molar-refractivity contribution is 0.0358. The van der Waals surface area contributed by atoms with E-state index in [2.05, 4.69) is 29.8 Å². The van der Waals surface area contributed by atoms with Crippen molar-refractivity contribution in [3.63, 3.8) is 0 Å². The van der Waals surface area contributed by atoms with Crippen LogP contribution in [0.15, 0.2) is 0 Å². The van der Waals surface area contributed by atoms with E-state index >= 15 is 0 Å². The summed E-state index contributed by atoms with van der Waals surface area (Å²) in [6, 6.07) is 3.19. The molecule has 2 atom stereocenters. The highest BCUT2D eigenvalue weighted by atomic mass is 16.5. The third-order valence-corrected chi connectivity index (χ3v) is 3.15. The topological polar surface area (TPSA) is 39.5 Å². The van der Waals surface area contributed by atoms with E-state index in [1.54, 1.807) is 7.11 Å². The summed E-state index contributed by atoms with van der Waals surface area (Å²) in [6.45, 7) is 5.99. The van der Waals surface area contributed by atoms with E-state index < -0.39 is 0 Å². The van der Waals surface area contributed by atoms with Gasteiger partial charge in [-0.05, 0) is 14.0 Å². The summed E-state index contributed by atoms with van der Waals surface area (Å²) in [5.41, 5.74) is 0. The van der Waals surface area contributed by atoms with Crippen LogP contribution >= 0.6 is 0 Å². The van der Waals surface area contributed by atoms with Gasteiger partial charge in [-0.3, -0.25) is 9.80 Å². The zero-order chi connectivity index (χ0) is 11.3. The zero-order valence-corrected chi connectivity index (χ0v) is 9.94. The first-order valence-electron chi connectivity index (χ1n) is 5.49. The SMILES string of the molecule is COCCN1CC(CC#N)N(C)CC1C. The molecule has 0 N–H and O–H groups in total. The van der Waals surface area contributed by atoms with E-state index in [1.807, 2.05) is 0 Å². The fourth-order valence-corrected chi connectivity index (χ4v) is 2.12. The van der Waals surface area contributed by atoms with E-state index in [9.17, 15) is 0 Å². The Morgan fingerprint density at radius 1 is 1.47 bits per heavy atom. The molecule has 2 unspecified atom stereocenters. The number of likely N-dealkylation sites (N-methyl/N-ethyl adjacent to an activating group) is 1. The lowest BCUT2D eigenvalue weighted by Crippen LogP contribution is -2.56. The maximum atomic E-state index is 8.74. The Morgan fingerprint density at radius 3 is 2.80 bits per heavy atom. The number of hydrogen-bond donors (Lipinski definition) is 0. The smallest absolute Gasteiger partial charge is 0.0638 e. The van der Waals surface area contributed by atoms with Gasteiger partial charge in [0.2, 0.25) is 0 Å². The first-order chi connectivity index (χ1) is 7.19. The van der Waals surface area contributed by atoms with Gasteiger partial charge in [0.25, 0.3) is 0 Å². The quantitative estimate of drug-likeness (QED) is 0.681. The summed E-state index contributed by atoms with van der Waals surface area (Å²) in [4.78, 5) is 4.70. The predicted octanol–water partition coefficient (Wildman–Crippen LogP) is 0.551. The van der Waals surface area contributed by atoms with E-state index in [4.69, 9.17) is 10.00 Å². The molecule has 0 aromatic heterocycles. The molecule has 86 valence electrons. The number of rotatable bonds is 4. The standard InChI is InChI=1S/C11H21N3O/c1-10-8-13(2)11(4-5-12)9-14(10)6-7-15-3/h10-11H,4,6-9H2,1-3H3. The maximum Gasteiger partial charge on any atom is 0.0638 e. The first-order valence-corrected chi connectivity index (χ1v) is 5.49. The van der Waals surface area contributed by atoms with Crippen LogP contribution in [0.1, 0.15) is 13.3 Å². The second-order valence-electron chi connectivity index (χ2n) is 4.29. The van der Waals surface area contributed by atoms with Crippen molar-refractivity contribution in [2.75, 3.05) is 40.4 Å². The fraction of sp³-hybridized carbons (Fsp3) is 0.909. The molecule has 1 aliphatic rings. The predicted molar refractivity (Wildman–Crippen MR) is 59.6 cm³/mol. The first kappa shape index (κ1) is 12.4. The normalized spacial score (nSPS) is 28.9. The monoisotopic (exact) mass is 211 g/mol. The van der Waals surface area contributed by atoms with Crippen molar-refractivity contribution >= 4 is 0 Å². The molecule has 1 rings (SSSR count). The molecule has 1 fully saturated rings. The second-order valence-corrected chi connectivity index (χ2v) is 4.29. The third-order valence-electron chi connectivity index (χ3n) is 3.15. The van der Waals surface area contributed by atoms with Crippen LogP contribution in [0.5, 0.6) is 0 Å². The molecule has 0 bridgehead atoms. The van der Waals surface area contributed by atoms with Crippen LogP contribution in [0.2, 0.25) is 0 Å². The number of hydrogen-bond acceptors (Lipinski definition) is 4. The van der Waals surface area contributed by atoms with Gasteiger partial charge >= 0.3 is 0 Å². The Morgan fingerprint density at radius 2 is 2.20 bits per heavy atom. The van der Waals surface area contributed by atoms with Crippen LogP contribution in [0.25, 0.3) is 0 Å². The van der Waals surface area contributed by atoms with E-state index in [-0.39, 0.29) is 0 Å². The summed E-state index contributed by atoms with van der Waals surface area (Å²) in [5, 5.41) is 8.74. The zero-order valence-electron chi connectivity index (χ0n) is 9.94. The van der Waals surface area contributed by atoms with Gasteiger partial charge in [0.05, 0.1) is 19.1 Å². The van der Waals surface area contributed by atoms with Gasteiger partial charge in [-0.25, -0.2) is 0 Å². The summed E-state index contributed by atoms with van der Waals surface area (Å²) in [5.74, 6) is 0. The number of methoxy groups -OCH3 is 1. The van der Waals surface area contributed by atoms with Gasteiger partial charge in [0, 0.05) is 38.8 Å². The molecule has 0 spiro atoms. The number of nitrogens with zero attached hydrogens (tertiary/aromatic N) is 3. The number of ether oxygens (including phenoxy) is 1. The molecular weight excluding hydrogens is 190 g/mol. The highest BCUT2D eigenvalue weighted by molar-refractivity contribution is 4.90. The molecule has 1 heterocycles. The lowest BCUT2D eigenvalue weighted by atomic mass is 10.1. The van der Waals surface area contributed by atoms with Crippen molar-refractivity contribution in [3.8, 4) is 6.07 Å². The summed E-state index contributed by atoms with van der Waals surface area (Å²) >= 11 is 0. The minimum absolute atomic E-state index is 0.378. The van der Waals surface area contributed by atoms with Crippen LogP contribution in [0.4, 0.5) is 0 Å². The highest BCUT2D eigenvalue weighted by Crippen LogP contribution is 2.15. The van der Waals surface area contributed by atoms with Gasteiger partial charge in [-0.15, -0.1) is 0 Å². The Hall–Kier alpha value is -0.630. The van der Waals surface area contributed by atoms with Crippen molar-refractivity contribution in [3.05, 3.63) is 0 Å². The molecule has 0 radical (unpaired) electrons. The molecule has 0 amide bonds. The van der Waals surface area contributed by atoms with Crippen molar-refractivity contribution in [2.24, 2.45) is 0 Å². The molecule has 0 aromatic rings. The maximum absolute atomic E-state index is 8.74. The molecule has 1 aliphatic heterocycles. The fourth-order valence-electron chi connectivity index (χ4n) is 2.12. The van der Waals surface area contributed by atoms with Gasteiger partial charge < -0.3 is 4.74 Å². The van der Waals surface area contributed by atoms with Crippen molar-refractivity contribution in [2.45, 2.75) is 25.4 Å². The van der Waals surface area contributed by atoms with E-state index in [1.165, 1.54) is 0 Å². The molecule has 4 heteroatoms. The van der Waals surface area contributed by atoms with Gasteiger partial charge in [0.1, 0.15) is 0 Å². The molecule has 0 aliphatic carbocycles. The Labute approximate surface area is 92.4 Å². The van der Waals surface area contributed by atoms with Crippen LogP contribution < -0.4 is 0 Å². The molecular formula is C11H21N3O.